The van der Waals surface area contributed by atoms with E-state index in [4.69, 9.17) is 11.6 Å². The molecule has 24 heavy (non-hydrogen) atoms. The lowest BCUT2D eigenvalue weighted by Crippen LogP contribution is -2.30. The molecule has 1 heterocycles. The molecule has 0 saturated heterocycles. The summed E-state index contributed by atoms with van der Waals surface area (Å²) in [5.74, 6) is 0.833. The first-order valence-electron chi connectivity index (χ1n) is 8.66. The minimum atomic E-state index is -0.165. The molecule has 2 N–H and O–H groups in total. The number of aromatic amines is 1. The van der Waals surface area contributed by atoms with Gasteiger partial charge in [-0.2, -0.15) is 0 Å². The third kappa shape index (κ3) is 4.25. The molecule has 1 aromatic heterocycles. The second-order valence-corrected chi connectivity index (χ2v) is 7.10. The Kier molecular flexibility index (Phi) is 5.69. The van der Waals surface area contributed by atoms with Gasteiger partial charge in [-0.25, -0.2) is 0 Å². The lowest BCUT2D eigenvalue weighted by Gasteiger charge is -2.21. The van der Waals surface area contributed by atoms with Crippen LogP contribution in [0.2, 0.25) is 5.02 Å². The van der Waals surface area contributed by atoms with Crippen molar-refractivity contribution in [3.63, 3.8) is 0 Å². The van der Waals surface area contributed by atoms with Crippen molar-refractivity contribution in [1.29, 1.82) is 0 Å². The molecular formula is C19H23ClN2O2. The van der Waals surface area contributed by atoms with E-state index < -0.39 is 0 Å². The minimum absolute atomic E-state index is 0.122. The Balaban J connectivity index is 1.58. The Morgan fingerprint density at radius 2 is 2.04 bits per heavy atom. The van der Waals surface area contributed by atoms with Crippen LogP contribution in [0.5, 0.6) is 0 Å². The van der Waals surface area contributed by atoms with Crippen molar-refractivity contribution >= 4 is 28.2 Å². The van der Waals surface area contributed by atoms with Gasteiger partial charge in [0.05, 0.1) is 6.54 Å². The molecule has 1 fully saturated rings. The fourth-order valence-corrected chi connectivity index (χ4v) is 3.70. The van der Waals surface area contributed by atoms with Crippen LogP contribution in [0.1, 0.15) is 37.7 Å². The smallest absolute Gasteiger partial charge is 0.255 e. The highest BCUT2D eigenvalue weighted by Crippen LogP contribution is 2.23. The van der Waals surface area contributed by atoms with Crippen molar-refractivity contribution in [2.24, 2.45) is 5.92 Å². The van der Waals surface area contributed by atoms with Gasteiger partial charge in [-0.3, -0.25) is 9.59 Å². The molecule has 0 amide bonds. The largest absolute Gasteiger partial charge is 0.329 e. The molecule has 3 rings (SSSR count). The van der Waals surface area contributed by atoms with Gasteiger partial charge in [0.15, 0.2) is 5.78 Å². The highest BCUT2D eigenvalue weighted by molar-refractivity contribution is 6.32. The molecular weight excluding hydrogens is 324 g/mol. The fourth-order valence-electron chi connectivity index (χ4n) is 3.47. The first kappa shape index (κ1) is 17.2. The molecule has 0 radical (unpaired) electrons. The van der Waals surface area contributed by atoms with Crippen LogP contribution in [0.25, 0.3) is 10.8 Å². The summed E-state index contributed by atoms with van der Waals surface area (Å²) < 4.78 is 0. The number of rotatable bonds is 6. The second kappa shape index (κ2) is 7.95. The molecule has 1 aliphatic carbocycles. The molecule has 128 valence electrons. The predicted molar refractivity (Wildman–Crippen MR) is 97.7 cm³/mol. The average molecular weight is 347 g/mol. The molecule has 5 heteroatoms. The molecule has 0 spiro atoms. The highest BCUT2D eigenvalue weighted by atomic mass is 35.5. The molecule has 1 saturated carbocycles. The standard InChI is InChI=1S/C19H23ClN2O2/c20-18-10-17-14(6-7-22-19(17)24)8-15(18)9-16(23)12-21-11-13-4-2-1-3-5-13/h6-8,10,13,21H,1-5,9,11-12H2,(H,22,24). The summed E-state index contributed by atoms with van der Waals surface area (Å²) in [5, 5.41) is 5.12. The van der Waals surface area contributed by atoms with Crippen LogP contribution >= 0.6 is 11.6 Å². The van der Waals surface area contributed by atoms with Gasteiger partial charge >= 0.3 is 0 Å². The summed E-state index contributed by atoms with van der Waals surface area (Å²) in [5.41, 5.74) is 0.612. The van der Waals surface area contributed by atoms with Crippen molar-refractivity contribution in [2.75, 3.05) is 13.1 Å². The van der Waals surface area contributed by atoms with Gasteiger partial charge in [-0.1, -0.05) is 30.9 Å². The Morgan fingerprint density at radius 1 is 1.25 bits per heavy atom. The number of halogens is 1. The normalized spacial score (nSPS) is 15.7. The number of Topliss-reactive ketones (excluding diaryl/α,β-unsaturated/α-hetero) is 1. The number of carbonyl (C=O) groups excluding carboxylic acids is 1. The van der Waals surface area contributed by atoms with Crippen molar-refractivity contribution in [2.45, 2.75) is 38.5 Å². The third-order valence-corrected chi connectivity index (χ3v) is 5.16. The molecule has 0 unspecified atom stereocenters. The number of hydrogen-bond donors (Lipinski definition) is 2. The molecule has 0 atom stereocenters. The molecule has 2 aromatic rings. The van der Waals surface area contributed by atoms with Gasteiger partial charge in [0.2, 0.25) is 0 Å². The number of carbonyl (C=O) groups is 1. The second-order valence-electron chi connectivity index (χ2n) is 6.69. The van der Waals surface area contributed by atoms with E-state index in [2.05, 4.69) is 10.3 Å². The third-order valence-electron chi connectivity index (χ3n) is 4.81. The van der Waals surface area contributed by atoms with Crippen LogP contribution in [0.15, 0.2) is 29.2 Å². The van der Waals surface area contributed by atoms with Gasteiger partial charge in [0.1, 0.15) is 0 Å². The maximum absolute atomic E-state index is 12.2. The number of ketones is 1. The summed E-state index contributed by atoms with van der Waals surface area (Å²) in [6.45, 7) is 1.30. The summed E-state index contributed by atoms with van der Waals surface area (Å²) in [6.07, 6.45) is 8.41. The number of hydrogen-bond acceptors (Lipinski definition) is 3. The topological polar surface area (TPSA) is 62.0 Å². The number of fused-ring (bicyclic) bond motifs is 1. The van der Waals surface area contributed by atoms with Gasteiger partial charge in [0.25, 0.3) is 5.56 Å². The van der Waals surface area contributed by atoms with Crippen LogP contribution in [0.4, 0.5) is 0 Å². The lowest BCUT2D eigenvalue weighted by atomic mass is 9.89. The van der Waals surface area contributed by atoms with Gasteiger partial charge in [-0.05, 0) is 54.5 Å². The van der Waals surface area contributed by atoms with Crippen LogP contribution in [-0.4, -0.2) is 23.9 Å². The van der Waals surface area contributed by atoms with Crippen molar-refractivity contribution in [3.05, 3.63) is 45.3 Å². The number of nitrogens with one attached hydrogen (secondary N) is 2. The van der Waals surface area contributed by atoms with Crippen molar-refractivity contribution < 1.29 is 4.79 Å². The van der Waals surface area contributed by atoms with Gasteiger partial charge in [-0.15, -0.1) is 0 Å². The summed E-state index contributed by atoms with van der Waals surface area (Å²) in [4.78, 5) is 26.6. The molecule has 0 aliphatic heterocycles. The Bertz CT molecular complexity index is 779. The summed E-state index contributed by atoms with van der Waals surface area (Å²) >= 11 is 6.25. The zero-order chi connectivity index (χ0) is 16.9. The van der Waals surface area contributed by atoms with Crippen LogP contribution in [0.3, 0.4) is 0 Å². The highest BCUT2D eigenvalue weighted by Gasteiger charge is 2.14. The first-order valence-corrected chi connectivity index (χ1v) is 9.03. The quantitative estimate of drug-likeness (QED) is 0.842. The Hall–Kier alpha value is -1.65. The summed E-state index contributed by atoms with van der Waals surface area (Å²) in [7, 11) is 0. The average Bonchev–Trinajstić information content (AvgIpc) is 2.57. The van der Waals surface area contributed by atoms with E-state index in [0.717, 1.165) is 17.5 Å². The van der Waals surface area contributed by atoms with E-state index in [9.17, 15) is 9.59 Å². The number of H-pyrrole nitrogens is 1. The maximum atomic E-state index is 12.2. The van der Waals surface area contributed by atoms with E-state index in [1.165, 1.54) is 32.1 Å². The lowest BCUT2D eigenvalue weighted by molar-refractivity contribution is -0.117. The SMILES string of the molecule is O=C(CNCC1CCCCC1)Cc1cc2cc[nH]c(=O)c2cc1Cl. The zero-order valence-electron chi connectivity index (χ0n) is 13.7. The Morgan fingerprint density at radius 3 is 2.83 bits per heavy atom. The van der Waals surface area contributed by atoms with Gasteiger partial charge < -0.3 is 10.3 Å². The van der Waals surface area contributed by atoms with Crippen LogP contribution < -0.4 is 10.9 Å². The van der Waals surface area contributed by atoms with Crippen LogP contribution in [0, 0.1) is 5.92 Å². The zero-order valence-corrected chi connectivity index (χ0v) is 14.5. The Labute approximate surface area is 146 Å². The van der Waals surface area contributed by atoms with E-state index in [0.29, 0.717) is 29.3 Å². The molecule has 1 aromatic carbocycles. The molecule has 0 bridgehead atoms. The first-order chi connectivity index (χ1) is 11.6. The maximum Gasteiger partial charge on any atom is 0.255 e. The fraction of sp³-hybridized carbons (Fsp3) is 0.474. The monoisotopic (exact) mass is 346 g/mol. The van der Waals surface area contributed by atoms with Crippen molar-refractivity contribution in [1.82, 2.24) is 10.3 Å². The number of pyridine rings is 1. The van der Waals surface area contributed by atoms with E-state index >= 15 is 0 Å². The predicted octanol–water partition coefficient (Wildman–Crippen LogP) is 3.46. The molecule has 4 nitrogen and oxygen atoms in total. The van der Waals surface area contributed by atoms with Gasteiger partial charge in [0, 0.05) is 23.0 Å². The molecule has 1 aliphatic rings. The van der Waals surface area contributed by atoms with Crippen molar-refractivity contribution in [3.8, 4) is 0 Å². The number of aromatic nitrogens is 1. The van der Waals surface area contributed by atoms with E-state index in [-0.39, 0.29) is 11.3 Å². The van der Waals surface area contributed by atoms with E-state index in [1.54, 1.807) is 12.3 Å². The van der Waals surface area contributed by atoms with E-state index in [1.807, 2.05) is 12.1 Å². The van der Waals surface area contributed by atoms with Crippen LogP contribution in [-0.2, 0) is 11.2 Å². The number of benzene rings is 1. The summed E-state index contributed by atoms with van der Waals surface area (Å²) in [6, 6.07) is 5.31. The minimum Gasteiger partial charge on any atom is -0.329 e.